The van der Waals surface area contributed by atoms with Gasteiger partial charge in [0.15, 0.2) is 5.92 Å². The van der Waals surface area contributed by atoms with E-state index in [-0.39, 0.29) is 0 Å². The predicted molar refractivity (Wildman–Crippen MR) is 78.0 cm³/mol. The minimum Gasteiger partial charge on any atom is -0.481 e. The van der Waals surface area contributed by atoms with Crippen molar-refractivity contribution in [1.82, 2.24) is 0 Å². The third-order valence-corrected chi connectivity index (χ3v) is 3.07. The lowest BCUT2D eigenvalue weighted by Crippen LogP contribution is -2.39. The molecule has 6 heteroatoms. The van der Waals surface area contributed by atoms with Gasteiger partial charge in [-0.05, 0) is 38.5 Å². The van der Waals surface area contributed by atoms with Gasteiger partial charge in [-0.25, -0.2) is 0 Å². The van der Waals surface area contributed by atoms with E-state index in [1.807, 2.05) is 0 Å². The number of esters is 1. The highest BCUT2D eigenvalue weighted by Crippen LogP contribution is 2.24. The topological polar surface area (TPSA) is 89.6 Å². The van der Waals surface area contributed by atoms with Crippen molar-refractivity contribution < 1.29 is 19.4 Å². The zero-order chi connectivity index (χ0) is 15.5. The predicted octanol–water partition coefficient (Wildman–Crippen LogP) is 2.49. The number of carboxylic acid groups (broad SMARTS) is 1. The van der Waals surface area contributed by atoms with Crippen LogP contribution in [0.15, 0.2) is 28.7 Å². The number of carbonyl (C=O) groups is 2. The highest BCUT2D eigenvalue weighted by atomic mass is 79.9. The Kier molecular flexibility index (Phi) is 5.30. The molecule has 0 saturated carbocycles. The third kappa shape index (κ3) is 4.61. The molecule has 1 aromatic carbocycles. The van der Waals surface area contributed by atoms with Crippen LogP contribution >= 0.6 is 15.9 Å². The van der Waals surface area contributed by atoms with E-state index in [1.165, 1.54) is 0 Å². The summed E-state index contributed by atoms with van der Waals surface area (Å²) in [7, 11) is 0. The molecule has 0 aliphatic heterocycles. The average molecular weight is 344 g/mol. The van der Waals surface area contributed by atoms with E-state index in [9.17, 15) is 14.7 Å². The number of halogens is 1. The molecule has 2 atom stereocenters. The summed E-state index contributed by atoms with van der Waals surface area (Å²) in [6.45, 7) is 5.03. The summed E-state index contributed by atoms with van der Waals surface area (Å²) in [5.41, 5.74) is 5.71. The first-order chi connectivity index (χ1) is 9.11. The standard InChI is InChI=1S/C14H18BrNO4/c1-14(2,3)20-13(19)10(12(17)18)11(16)8-4-6-9(15)7-5-8/h4-7,10-11H,16H2,1-3H3,(H,17,18)/t10-,11-/m0/s1. The van der Waals surface area contributed by atoms with Gasteiger partial charge < -0.3 is 15.6 Å². The van der Waals surface area contributed by atoms with Gasteiger partial charge in [-0.15, -0.1) is 0 Å². The van der Waals surface area contributed by atoms with Gasteiger partial charge in [-0.1, -0.05) is 28.1 Å². The summed E-state index contributed by atoms with van der Waals surface area (Å²) >= 11 is 3.28. The summed E-state index contributed by atoms with van der Waals surface area (Å²) < 4.78 is 5.96. The first-order valence-corrected chi connectivity index (χ1v) is 6.88. The molecule has 0 fully saturated rings. The highest BCUT2D eigenvalue weighted by molar-refractivity contribution is 9.10. The van der Waals surface area contributed by atoms with Crippen LogP contribution in [0.1, 0.15) is 32.4 Å². The second-order valence-electron chi connectivity index (χ2n) is 5.43. The maximum atomic E-state index is 12.0. The molecule has 0 heterocycles. The molecule has 0 spiro atoms. The molecular weight excluding hydrogens is 326 g/mol. The molecule has 3 N–H and O–H groups in total. The Bertz CT molecular complexity index is 493. The third-order valence-electron chi connectivity index (χ3n) is 2.54. The number of benzene rings is 1. The number of rotatable bonds is 4. The molecule has 0 bridgehead atoms. The molecule has 20 heavy (non-hydrogen) atoms. The van der Waals surface area contributed by atoms with Crippen molar-refractivity contribution in [3.63, 3.8) is 0 Å². The van der Waals surface area contributed by atoms with Gasteiger partial charge in [0, 0.05) is 4.47 Å². The molecule has 1 aromatic rings. The summed E-state index contributed by atoms with van der Waals surface area (Å²) in [4.78, 5) is 23.3. The summed E-state index contributed by atoms with van der Waals surface area (Å²) in [6.07, 6.45) is 0. The van der Waals surface area contributed by atoms with Crippen LogP contribution in [0.4, 0.5) is 0 Å². The van der Waals surface area contributed by atoms with Gasteiger partial charge in [0.05, 0.1) is 6.04 Å². The van der Waals surface area contributed by atoms with Gasteiger partial charge >= 0.3 is 11.9 Å². The maximum absolute atomic E-state index is 12.0. The van der Waals surface area contributed by atoms with Gasteiger partial charge in [0.25, 0.3) is 0 Å². The molecule has 0 aliphatic carbocycles. The van der Waals surface area contributed by atoms with Gasteiger partial charge in [-0.3, -0.25) is 9.59 Å². The molecule has 1 rings (SSSR count). The molecule has 5 nitrogen and oxygen atoms in total. The van der Waals surface area contributed by atoms with E-state index in [0.29, 0.717) is 5.56 Å². The summed E-state index contributed by atoms with van der Waals surface area (Å²) in [5.74, 6) is -3.56. The Labute approximate surface area is 126 Å². The molecule has 0 aliphatic rings. The van der Waals surface area contributed by atoms with E-state index < -0.39 is 29.5 Å². The van der Waals surface area contributed by atoms with Crippen molar-refractivity contribution in [1.29, 1.82) is 0 Å². The van der Waals surface area contributed by atoms with E-state index in [4.69, 9.17) is 10.5 Å². The fourth-order valence-corrected chi connectivity index (χ4v) is 1.91. The minimum atomic E-state index is -1.43. The van der Waals surface area contributed by atoms with Crippen LogP contribution in [-0.4, -0.2) is 22.6 Å². The highest BCUT2D eigenvalue weighted by Gasteiger charge is 2.37. The largest absolute Gasteiger partial charge is 0.481 e. The fourth-order valence-electron chi connectivity index (χ4n) is 1.64. The summed E-state index contributed by atoms with van der Waals surface area (Å²) in [6, 6.07) is 5.87. The lowest BCUT2D eigenvalue weighted by Gasteiger charge is -2.25. The minimum absolute atomic E-state index is 0.562. The summed E-state index contributed by atoms with van der Waals surface area (Å²) in [5, 5.41) is 9.24. The first kappa shape index (κ1) is 16.7. The Hall–Kier alpha value is -1.40. The van der Waals surface area contributed by atoms with Gasteiger partial charge in [0.2, 0.25) is 0 Å². The second-order valence-corrected chi connectivity index (χ2v) is 6.34. The lowest BCUT2D eigenvalue weighted by atomic mass is 9.93. The van der Waals surface area contributed by atoms with Crippen LogP contribution < -0.4 is 5.73 Å². The SMILES string of the molecule is CC(C)(C)OC(=O)[C@H](C(=O)O)[C@@H](N)c1ccc(Br)cc1. The maximum Gasteiger partial charge on any atom is 0.322 e. The zero-order valence-corrected chi connectivity index (χ0v) is 13.2. The van der Waals surface area contributed by atoms with Crippen molar-refractivity contribution in [3.8, 4) is 0 Å². The van der Waals surface area contributed by atoms with E-state index in [1.54, 1.807) is 45.0 Å². The van der Waals surface area contributed by atoms with Crippen LogP contribution in [0.3, 0.4) is 0 Å². The monoisotopic (exact) mass is 343 g/mol. The van der Waals surface area contributed by atoms with Gasteiger partial charge in [-0.2, -0.15) is 0 Å². The Morgan fingerprint density at radius 3 is 2.15 bits per heavy atom. The molecular formula is C14H18BrNO4. The number of hydrogen-bond acceptors (Lipinski definition) is 4. The number of hydrogen-bond donors (Lipinski definition) is 2. The average Bonchev–Trinajstić information content (AvgIpc) is 2.26. The number of carbonyl (C=O) groups excluding carboxylic acids is 1. The smallest absolute Gasteiger partial charge is 0.322 e. The zero-order valence-electron chi connectivity index (χ0n) is 11.6. The van der Waals surface area contributed by atoms with Crippen molar-refractivity contribution in [2.24, 2.45) is 11.7 Å². The van der Waals surface area contributed by atoms with Crippen molar-refractivity contribution >= 4 is 27.9 Å². The quantitative estimate of drug-likeness (QED) is 0.647. The van der Waals surface area contributed by atoms with Crippen LogP contribution in [0.2, 0.25) is 0 Å². The number of nitrogens with two attached hydrogens (primary N) is 1. The number of carboxylic acids is 1. The molecule has 0 aromatic heterocycles. The molecule has 0 unspecified atom stereocenters. The number of ether oxygens (including phenoxy) is 1. The molecule has 0 radical (unpaired) electrons. The second kappa shape index (κ2) is 6.37. The van der Waals surface area contributed by atoms with Crippen molar-refractivity contribution in [2.45, 2.75) is 32.4 Å². The molecule has 110 valence electrons. The van der Waals surface area contributed by atoms with Crippen LogP contribution in [0, 0.1) is 5.92 Å². The van der Waals surface area contributed by atoms with Crippen LogP contribution in [-0.2, 0) is 14.3 Å². The van der Waals surface area contributed by atoms with Crippen LogP contribution in [0.25, 0.3) is 0 Å². The van der Waals surface area contributed by atoms with E-state index in [0.717, 1.165) is 4.47 Å². The van der Waals surface area contributed by atoms with Crippen LogP contribution in [0.5, 0.6) is 0 Å². The molecule has 0 saturated heterocycles. The van der Waals surface area contributed by atoms with Gasteiger partial charge in [0.1, 0.15) is 5.60 Å². The Balaban J connectivity index is 2.99. The lowest BCUT2D eigenvalue weighted by molar-refractivity contribution is -0.167. The first-order valence-electron chi connectivity index (χ1n) is 6.08. The molecule has 0 amide bonds. The number of aliphatic carboxylic acids is 1. The van der Waals surface area contributed by atoms with Crippen molar-refractivity contribution in [3.05, 3.63) is 34.3 Å². The van der Waals surface area contributed by atoms with E-state index in [2.05, 4.69) is 15.9 Å². The van der Waals surface area contributed by atoms with Crippen molar-refractivity contribution in [2.75, 3.05) is 0 Å². The fraction of sp³-hybridized carbons (Fsp3) is 0.429. The Morgan fingerprint density at radius 1 is 1.25 bits per heavy atom. The normalized spacial score (nSPS) is 14.4. The Morgan fingerprint density at radius 2 is 1.75 bits per heavy atom. The van der Waals surface area contributed by atoms with E-state index >= 15 is 0 Å².